The Hall–Kier alpha value is -0.910. The Kier molecular flexibility index (Phi) is 4.37. The van der Waals surface area contributed by atoms with Gasteiger partial charge >= 0.3 is 0 Å². The number of hydrogen-bond donors (Lipinski definition) is 1. The molecule has 96 valence electrons. The summed E-state index contributed by atoms with van der Waals surface area (Å²) in [6.07, 6.45) is 1.70. The summed E-state index contributed by atoms with van der Waals surface area (Å²) >= 11 is 9.49. The van der Waals surface area contributed by atoms with Crippen LogP contribution in [-0.2, 0) is 13.6 Å². The number of aromatic nitrogens is 3. The van der Waals surface area contributed by atoms with Crippen LogP contribution in [0.25, 0.3) is 0 Å². The van der Waals surface area contributed by atoms with E-state index >= 15 is 0 Å². The van der Waals surface area contributed by atoms with Gasteiger partial charge in [0.25, 0.3) is 0 Å². The highest BCUT2D eigenvalue weighted by molar-refractivity contribution is 9.10. The first-order chi connectivity index (χ1) is 8.58. The average Bonchev–Trinajstić information content (AvgIpc) is 2.76. The van der Waals surface area contributed by atoms with Crippen molar-refractivity contribution in [3.05, 3.63) is 45.4 Å². The molecule has 0 saturated carbocycles. The third-order valence-electron chi connectivity index (χ3n) is 2.74. The summed E-state index contributed by atoms with van der Waals surface area (Å²) in [6, 6.07) is 5.89. The molecular weight excluding hydrogens is 316 g/mol. The fourth-order valence-electron chi connectivity index (χ4n) is 1.72. The van der Waals surface area contributed by atoms with Crippen LogP contribution in [-0.4, -0.2) is 14.8 Å². The second-order valence-electron chi connectivity index (χ2n) is 4.14. The van der Waals surface area contributed by atoms with Crippen molar-refractivity contribution in [2.75, 3.05) is 0 Å². The van der Waals surface area contributed by atoms with E-state index in [2.05, 4.69) is 38.4 Å². The van der Waals surface area contributed by atoms with Crippen molar-refractivity contribution in [2.24, 2.45) is 7.05 Å². The van der Waals surface area contributed by atoms with Crippen molar-refractivity contribution in [3.8, 4) is 0 Å². The van der Waals surface area contributed by atoms with Crippen molar-refractivity contribution in [1.29, 1.82) is 0 Å². The van der Waals surface area contributed by atoms with E-state index < -0.39 is 0 Å². The fraction of sp³-hybridized carbons (Fsp3) is 0.333. The molecule has 0 aliphatic carbocycles. The molecule has 4 nitrogen and oxygen atoms in total. The molecule has 0 amide bonds. The molecule has 0 aliphatic heterocycles. The van der Waals surface area contributed by atoms with Gasteiger partial charge in [-0.1, -0.05) is 27.5 Å². The van der Waals surface area contributed by atoms with Crippen molar-refractivity contribution in [1.82, 2.24) is 20.1 Å². The zero-order valence-corrected chi connectivity index (χ0v) is 12.5. The van der Waals surface area contributed by atoms with Crippen LogP contribution in [0.1, 0.15) is 24.4 Å². The Balaban J connectivity index is 2.03. The topological polar surface area (TPSA) is 42.7 Å². The van der Waals surface area contributed by atoms with Crippen molar-refractivity contribution in [2.45, 2.75) is 19.5 Å². The minimum atomic E-state index is 0.128. The Morgan fingerprint density at radius 1 is 1.50 bits per heavy atom. The minimum absolute atomic E-state index is 0.128. The van der Waals surface area contributed by atoms with Gasteiger partial charge in [-0.2, -0.15) is 0 Å². The van der Waals surface area contributed by atoms with Gasteiger partial charge in [-0.05, 0) is 30.7 Å². The molecule has 1 unspecified atom stereocenters. The molecular formula is C12H14BrClN4. The van der Waals surface area contributed by atoms with Crippen LogP contribution in [0, 0.1) is 0 Å². The first kappa shape index (κ1) is 13.5. The predicted octanol–water partition coefficient (Wildman–Crippen LogP) is 3.08. The number of nitrogens with one attached hydrogen (secondary N) is 1. The van der Waals surface area contributed by atoms with Gasteiger partial charge in [0.05, 0.1) is 6.04 Å². The lowest BCUT2D eigenvalue weighted by Gasteiger charge is -2.13. The molecule has 1 N–H and O–H groups in total. The molecule has 6 heteroatoms. The molecule has 0 saturated heterocycles. The molecule has 2 rings (SSSR count). The van der Waals surface area contributed by atoms with Gasteiger partial charge in [0, 0.05) is 23.1 Å². The van der Waals surface area contributed by atoms with Gasteiger partial charge in [0.2, 0.25) is 0 Å². The van der Waals surface area contributed by atoms with Gasteiger partial charge in [0.1, 0.15) is 12.2 Å². The smallest absolute Gasteiger partial charge is 0.149 e. The fourth-order valence-corrected chi connectivity index (χ4v) is 2.30. The maximum Gasteiger partial charge on any atom is 0.149 e. The molecule has 1 atom stereocenters. The highest BCUT2D eigenvalue weighted by atomic mass is 79.9. The van der Waals surface area contributed by atoms with Crippen LogP contribution in [0.3, 0.4) is 0 Å². The highest BCUT2D eigenvalue weighted by Crippen LogP contribution is 2.21. The van der Waals surface area contributed by atoms with E-state index in [-0.39, 0.29) is 6.04 Å². The van der Waals surface area contributed by atoms with Gasteiger partial charge < -0.3 is 9.88 Å². The molecule has 18 heavy (non-hydrogen) atoms. The molecule has 1 aromatic carbocycles. The van der Waals surface area contributed by atoms with Gasteiger partial charge in [-0.15, -0.1) is 10.2 Å². The predicted molar refractivity (Wildman–Crippen MR) is 75.4 cm³/mol. The van der Waals surface area contributed by atoms with E-state index in [4.69, 9.17) is 11.6 Å². The van der Waals surface area contributed by atoms with E-state index in [1.807, 2.05) is 29.8 Å². The quantitative estimate of drug-likeness (QED) is 0.937. The summed E-state index contributed by atoms with van der Waals surface area (Å²) in [5, 5.41) is 12.1. The SMILES string of the molecule is CC(NCc1cc(Cl)ccc1Br)c1nncn1C. The number of aryl methyl sites for hydroxylation is 1. The maximum absolute atomic E-state index is 5.98. The van der Waals surface area contributed by atoms with Crippen LogP contribution in [0.2, 0.25) is 5.02 Å². The number of hydrogen-bond acceptors (Lipinski definition) is 3. The third kappa shape index (κ3) is 3.10. The number of benzene rings is 1. The normalized spacial score (nSPS) is 12.7. The van der Waals surface area contributed by atoms with E-state index in [0.717, 1.165) is 27.4 Å². The summed E-state index contributed by atoms with van der Waals surface area (Å²) < 4.78 is 2.95. The summed E-state index contributed by atoms with van der Waals surface area (Å²) in [4.78, 5) is 0. The second kappa shape index (κ2) is 5.82. The molecule has 0 fully saturated rings. The van der Waals surface area contributed by atoms with Crippen LogP contribution in [0.4, 0.5) is 0 Å². The highest BCUT2D eigenvalue weighted by Gasteiger charge is 2.11. The number of nitrogens with zero attached hydrogens (tertiary/aromatic N) is 3. The van der Waals surface area contributed by atoms with Gasteiger partial charge in [-0.3, -0.25) is 0 Å². The minimum Gasteiger partial charge on any atom is -0.319 e. The standard InChI is InChI=1S/C12H14BrClN4/c1-8(12-17-16-7-18(12)2)15-6-9-5-10(14)3-4-11(9)13/h3-5,7-8,15H,6H2,1-2H3. The van der Waals surface area contributed by atoms with Crippen LogP contribution in [0.15, 0.2) is 29.0 Å². The summed E-state index contributed by atoms with van der Waals surface area (Å²) in [5.74, 6) is 0.910. The van der Waals surface area contributed by atoms with Gasteiger partial charge in [0.15, 0.2) is 0 Å². The monoisotopic (exact) mass is 328 g/mol. The Labute approximate surface area is 119 Å². The molecule has 0 aliphatic rings. The molecule has 0 radical (unpaired) electrons. The van der Waals surface area contributed by atoms with E-state index in [1.54, 1.807) is 6.33 Å². The number of halogens is 2. The van der Waals surface area contributed by atoms with Crippen LogP contribution >= 0.6 is 27.5 Å². The first-order valence-electron chi connectivity index (χ1n) is 5.59. The Bertz CT molecular complexity index is 541. The lowest BCUT2D eigenvalue weighted by atomic mass is 10.2. The first-order valence-corrected chi connectivity index (χ1v) is 6.76. The summed E-state index contributed by atoms with van der Waals surface area (Å²) in [7, 11) is 1.93. The van der Waals surface area contributed by atoms with Crippen molar-refractivity contribution in [3.63, 3.8) is 0 Å². The molecule has 1 aromatic heterocycles. The Morgan fingerprint density at radius 2 is 2.28 bits per heavy atom. The van der Waals surface area contributed by atoms with Crippen molar-refractivity contribution >= 4 is 27.5 Å². The number of rotatable bonds is 4. The molecule has 2 aromatic rings. The lowest BCUT2D eigenvalue weighted by molar-refractivity contribution is 0.528. The average molecular weight is 330 g/mol. The third-order valence-corrected chi connectivity index (χ3v) is 3.75. The van der Waals surface area contributed by atoms with Crippen molar-refractivity contribution < 1.29 is 0 Å². The van der Waals surface area contributed by atoms with Crippen LogP contribution in [0.5, 0.6) is 0 Å². The molecule has 0 bridgehead atoms. The zero-order chi connectivity index (χ0) is 13.1. The van der Waals surface area contributed by atoms with E-state index in [9.17, 15) is 0 Å². The largest absolute Gasteiger partial charge is 0.319 e. The second-order valence-corrected chi connectivity index (χ2v) is 5.43. The van der Waals surface area contributed by atoms with Crippen LogP contribution < -0.4 is 5.32 Å². The molecule has 1 heterocycles. The van der Waals surface area contributed by atoms with E-state index in [1.165, 1.54) is 0 Å². The summed E-state index contributed by atoms with van der Waals surface area (Å²) in [5.41, 5.74) is 1.12. The van der Waals surface area contributed by atoms with E-state index in [0.29, 0.717) is 0 Å². The zero-order valence-electron chi connectivity index (χ0n) is 10.2. The maximum atomic E-state index is 5.98. The molecule has 0 spiro atoms. The summed E-state index contributed by atoms with van der Waals surface area (Å²) in [6.45, 7) is 2.78. The Morgan fingerprint density at radius 3 is 2.94 bits per heavy atom. The van der Waals surface area contributed by atoms with Gasteiger partial charge in [-0.25, -0.2) is 0 Å². The lowest BCUT2D eigenvalue weighted by Crippen LogP contribution is -2.21.